The summed E-state index contributed by atoms with van der Waals surface area (Å²) in [5.41, 5.74) is 6.84. The van der Waals surface area contributed by atoms with Crippen molar-refractivity contribution >= 4 is 23.6 Å². The molecule has 1 aliphatic rings. The topological polar surface area (TPSA) is 92.9 Å². The molecule has 1 aromatic rings. The quantitative estimate of drug-likeness (QED) is 0.758. The van der Waals surface area contributed by atoms with Gasteiger partial charge < -0.3 is 20.5 Å². The molecule has 0 radical (unpaired) electrons. The van der Waals surface area contributed by atoms with Crippen molar-refractivity contribution in [1.29, 1.82) is 0 Å². The van der Waals surface area contributed by atoms with Crippen LogP contribution in [0.5, 0.6) is 0 Å². The molecule has 1 fully saturated rings. The number of nitrogens with two attached hydrogens (primary N) is 1. The van der Waals surface area contributed by atoms with Crippen molar-refractivity contribution in [1.82, 2.24) is 4.90 Å². The fourth-order valence-electron chi connectivity index (χ4n) is 2.78. The van der Waals surface area contributed by atoms with E-state index in [0.29, 0.717) is 18.2 Å². The normalized spacial score (nSPS) is 20.7. The van der Waals surface area contributed by atoms with Gasteiger partial charge in [0.1, 0.15) is 0 Å². The Morgan fingerprint density at radius 3 is 2.39 bits per heavy atom. The molecule has 1 aromatic carbocycles. The van der Waals surface area contributed by atoms with Crippen LogP contribution >= 0.6 is 11.8 Å². The minimum Gasteiger partial charge on any atom is -0.475 e. The van der Waals surface area contributed by atoms with Gasteiger partial charge >= 0.3 is 12.1 Å². The Hall–Kier alpha value is -1.78. The number of carboxylic acids is 1. The molecular formula is C18H25F3N2O4S. The smallest absolute Gasteiger partial charge is 0.475 e. The molecule has 10 heteroatoms. The van der Waals surface area contributed by atoms with E-state index in [1.807, 2.05) is 34.9 Å². The Morgan fingerprint density at radius 2 is 1.93 bits per heavy atom. The molecule has 0 bridgehead atoms. The molecule has 0 spiro atoms. The van der Waals surface area contributed by atoms with E-state index >= 15 is 0 Å². The molecule has 3 unspecified atom stereocenters. The Labute approximate surface area is 166 Å². The SMILES string of the molecule is COC(CN)CC(=O)N1CCSC(C)C1c1ccccc1.O=C(O)C(F)(F)F. The zero-order valence-corrected chi connectivity index (χ0v) is 16.5. The van der Waals surface area contributed by atoms with E-state index in [2.05, 4.69) is 19.1 Å². The monoisotopic (exact) mass is 422 g/mol. The maximum absolute atomic E-state index is 12.6. The zero-order chi connectivity index (χ0) is 21.3. The van der Waals surface area contributed by atoms with Gasteiger partial charge in [-0.25, -0.2) is 4.79 Å². The number of ether oxygens (including phenoxy) is 1. The van der Waals surface area contributed by atoms with E-state index in [-0.39, 0.29) is 18.1 Å². The van der Waals surface area contributed by atoms with Crippen LogP contribution in [0.15, 0.2) is 30.3 Å². The van der Waals surface area contributed by atoms with Gasteiger partial charge in [-0.15, -0.1) is 0 Å². The first-order chi connectivity index (χ1) is 13.1. The maximum Gasteiger partial charge on any atom is 0.490 e. The van der Waals surface area contributed by atoms with Gasteiger partial charge in [-0.1, -0.05) is 37.3 Å². The van der Waals surface area contributed by atoms with Crippen LogP contribution in [0.3, 0.4) is 0 Å². The van der Waals surface area contributed by atoms with Crippen LogP contribution in [0.2, 0.25) is 0 Å². The zero-order valence-electron chi connectivity index (χ0n) is 15.7. The largest absolute Gasteiger partial charge is 0.490 e. The Bertz CT molecular complexity index is 627. The fourth-order valence-corrected chi connectivity index (χ4v) is 3.94. The van der Waals surface area contributed by atoms with Crippen molar-refractivity contribution in [2.45, 2.75) is 36.9 Å². The minimum atomic E-state index is -5.08. The molecule has 28 heavy (non-hydrogen) atoms. The van der Waals surface area contributed by atoms with Gasteiger partial charge in [0.05, 0.1) is 18.6 Å². The molecule has 2 rings (SSSR count). The van der Waals surface area contributed by atoms with Crippen LogP contribution in [0.1, 0.15) is 24.9 Å². The summed E-state index contributed by atoms with van der Waals surface area (Å²) in [7, 11) is 1.61. The van der Waals surface area contributed by atoms with E-state index in [4.69, 9.17) is 20.4 Å². The predicted molar refractivity (Wildman–Crippen MR) is 101 cm³/mol. The molecule has 1 aliphatic heterocycles. The van der Waals surface area contributed by atoms with Crippen molar-refractivity contribution in [2.75, 3.05) is 26.0 Å². The van der Waals surface area contributed by atoms with Crippen LogP contribution in [-0.2, 0) is 14.3 Å². The molecule has 0 aromatic heterocycles. The Morgan fingerprint density at radius 1 is 1.36 bits per heavy atom. The second-order valence-corrected chi connectivity index (χ2v) is 7.60. The van der Waals surface area contributed by atoms with E-state index < -0.39 is 12.1 Å². The summed E-state index contributed by atoms with van der Waals surface area (Å²) in [6.07, 6.45) is -4.92. The third-order valence-electron chi connectivity index (χ3n) is 4.20. The van der Waals surface area contributed by atoms with Gasteiger partial charge in [-0.3, -0.25) is 4.79 Å². The van der Waals surface area contributed by atoms with Crippen molar-refractivity contribution in [3.63, 3.8) is 0 Å². The second-order valence-electron chi connectivity index (χ2n) is 6.12. The minimum absolute atomic E-state index is 0.132. The predicted octanol–water partition coefficient (Wildman–Crippen LogP) is 2.69. The first kappa shape index (κ1) is 24.3. The summed E-state index contributed by atoms with van der Waals surface area (Å²) in [5.74, 6) is -1.64. The van der Waals surface area contributed by atoms with Crippen LogP contribution in [0.25, 0.3) is 0 Å². The first-order valence-corrected chi connectivity index (χ1v) is 9.65. The number of halogens is 3. The van der Waals surface area contributed by atoms with Gasteiger partial charge in [0.25, 0.3) is 0 Å². The number of aliphatic carboxylic acids is 1. The molecule has 1 heterocycles. The molecule has 1 amide bonds. The maximum atomic E-state index is 12.6. The Kier molecular flexibility index (Phi) is 9.77. The lowest BCUT2D eigenvalue weighted by Crippen LogP contribution is -2.45. The average Bonchev–Trinajstić information content (AvgIpc) is 2.66. The van der Waals surface area contributed by atoms with E-state index in [9.17, 15) is 18.0 Å². The highest BCUT2D eigenvalue weighted by molar-refractivity contribution is 8.00. The molecule has 1 saturated heterocycles. The lowest BCUT2D eigenvalue weighted by molar-refractivity contribution is -0.192. The van der Waals surface area contributed by atoms with Crippen molar-refractivity contribution in [2.24, 2.45) is 5.73 Å². The number of methoxy groups -OCH3 is 1. The molecule has 0 aliphatic carbocycles. The Balaban J connectivity index is 0.000000480. The van der Waals surface area contributed by atoms with E-state index in [0.717, 1.165) is 12.3 Å². The molecular weight excluding hydrogens is 397 g/mol. The summed E-state index contributed by atoms with van der Waals surface area (Å²) in [5, 5.41) is 7.52. The molecule has 158 valence electrons. The number of nitrogens with zero attached hydrogens (tertiary/aromatic N) is 1. The van der Waals surface area contributed by atoms with Crippen molar-refractivity contribution < 1.29 is 32.6 Å². The van der Waals surface area contributed by atoms with Gasteiger partial charge in [-0.2, -0.15) is 24.9 Å². The number of hydrogen-bond donors (Lipinski definition) is 2. The average molecular weight is 422 g/mol. The van der Waals surface area contributed by atoms with Crippen molar-refractivity contribution in [3.8, 4) is 0 Å². The summed E-state index contributed by atoms with van der Waals surface area (Å²) in [4.78, 5) is 23.5. The number of carboxylic acid groups (broad SMARTS) is 1. The number of rotatable bonds is 5. The third kappa shape index (κ3) is 7.33. The van der Waals surface area contributed by atoms with Crippen LogP contribution in [0.4, 0.5) is 13.2 Å². The number of alkyl halides is 3. The fraction of sp³-hybridized carbons (Fsp3) is 0.556. The lowest BCUT2D eigenvalue weighted by atomic mass is 10.0. The van der Waals surface area contributed by atoms with Gasteiger partial charge in [0.15, 0.2) is 0 Å². The molecule has 0 saturated carbocycles. The summed E-state index contributed by atoms with van der Waals surface area (Å²) in [6, 6.07) is 10.4. The first-order valence-electron chi connectivity index (χ1n) is 8.60. The van der Waals surface area contributed by atoms with Crippen LogP contribution in [-0.4, -0.2) is 65.4 Å². The highest BCUT2D eigenvalue weighted by Crippen LogP contribution is 2.36. The number of carbonyl (C=O) groups excluding carboxylic acids is 1. The summed E-state index contributed by atoms with van der Waals surface area (Å²) in [6.45, 7) is 3.35. The van der Waals surface area contributed by atoms with Crippen molar-refractivity contribution in [3.05, 3.63) is 35.9 Å². The molecule has 3 N–H and O–H groups in total. The number of thioether (sulfide) groups is 1. The third-order valence-corrected chi connectivity index (χ3v) is 5.40. The molecule has 6 nitrogen and oxygen atoms in total. The van der Waals surface area contributed by atoms with Crippen LogP contribution < -0.4 is 5.73 Å². The summed E-state index contributed by atoms with van der Waals surface area (Å²) < 4.78 is 37.0. The highest BCUT2D eigenvalue weighted by atomic mass is 32.2. The second kappa shape index (κ2) is 11.3. The number of hydrogen-bond acceptors (Lipinski definition) is 5. The number of carbonyl (C=O) groups is 2. The van der Waals surface area contributed by atoms with Gasteiger partial charge in [-0.05, 0) is 5.56 Å². The van der Waals surface area contributed by atoms with Gasteiger partial charge in [0, 0.05) is 31.2 Å². The standard InChI is InChI=1S/C16H24N2O2S.C2HF3O2/c1-12-16(13-6-4-3-5-7-13)18(8-9-21-12)15(19)10-14(11-17)20-2;3-2(4,5)1(6)7/h3-7,12,14,16H,8-11,17H2,1-2H3;(H,6,7). The van der Waals surface area contributed by atoms with Gasteiger partial charge in [0.2, 0.25) is 5.91 Å². The van der Waals surface area contributed by atoms with E-state index in [1.54, 1.807) is 7.11 Å². The number of benzene rings is 1. The van der Waals surface area contributed by atoms with E-state index in [1.165, 1.54) is 5.56 Å². The summed E-state index contributed by atoms with van der Waals surface area (Å²) >= 11 is 1.92. The van der Waals surface area contributed by atoms with Crippen LogP contribution in [0, 0.1) is 0 Å². The lowest BCUT2D eigenvalue weighted by Gasteiger charge is -2.40. The molecule has 3 atom stereocenters. The number of amides is 1. The highest BCUT2D eigenvalue weighted by Gasteiger charge is 2.38.